The van der Waals surface area contributed by atoms with Crippen LogP contribution in [0.25, 0.3) is 0 Å². The molecule has 1 saturated heterocycles. The van der Waals surface area contributed by atoms with Crippen molar-refractivity contribution in [2.45, 2.75) is 32.0 Å². The second-order valence-electron chi connectivity index (χ2n) is 2.10. The molecule has 0 aromatic rings. The molecule has 0 aromatic carbocycles. The number of ether oxygens (including phenoxy) is 1. The van der Waals surface area contributed by atoms with Crippen molar-refractivity contribution in [1.29, 1.82) is 0 Å². The first-order chi connectivity index (χ1) is 3.88. The molecule has 1 fully saturated rings. The van der Waals surface area contributed by atoms with Crippen LogP contribution in [0.3, 0.4) is 0 Å². The van der Waals surface area contributed by atoms with Gasteiger partial charge in [0.05, 0.1) is 12.2 Å². The van der Waals surface area contributed by atoms with Crippen molar-refractivity contribution in [2.24, 2.45) is 0 Å². The molecule has 2 atom stereocenters. The van der Waals surface area contributed by atoms with E-state index in [1.165, 1.54) is 12.8 Å². The van der Waals surface area contributed by atoms with E-state index in [1.54, 1.807) is 0 Å². The van der Waals surface area contributed by atoms with Crippen LogP contribution in [0.5, 0.6) is 0 Å². The van der Waals surface area contributed by atoms with Crippen LogP contribution in [-0.2, 0) is 4.74 Å². The van der Waals surface area contributed by atoms with Crippen LogP contribution in [-0.4, -0.2) is 17.5 Å². The molecule has 1 aliphatic rings. The minimum Gasteiger partial charge on any atom is -0.370 e. The van der Waals surface area contributed by atoms with E-state index in [4.69, 9.17) is 4.74 Å². The van der Waals surface area contributed by atoms with Crippen LogP contribution in [0.15, 0.2) is 0 Å². The van der Waals surface area contributed by atoms with Gasteiger partial charge in [0, 0.05) is 5.33 Å². The highest BCUT2D eigenvalue weighted by Crippen LogP contribution is 2.27. The second-order valence-corrected chi connectivity index (χ2v) is 2.89. The Morgan fingerprint density at radius 3 is 2.62 bits per heavy atom. The van der Waals surface area contributed by atoms with Gasteiger partial charge in [-0.3, -0.25) is 0 Å². The third-order valence-corrected chi connectivity index (χ3v) is 1.94. The van der Waals surface area contributed by atoms with E-state index < -0.39 is 0 Å². The molecule has 0 amide bonds. The van der Waals surface area contributed by atoms with Crippen LogP contribution in [0.4, 0.5) is 0 Å². The highest BCUT2D eigenvalue weighted by Gasteiger charge is 2.35. The van der Waals surface area contributed by atoms with Crippen molar-refractivity contribution in [3.05, 3.63) is 0 Å². The lowest BCUT2D eigenvalue weighted by molar-refractivity contribution is 0.364. The molecule has 1 rings (SSSR count). The summed E-state index contributed by atoms with van der Waals surface area (Å²) >= 11 is 3.37. The molecule has 0 aromatic heterocycles. The van der Waals surface area contributed by atoms with Crippen LogP contribution in [0.1, 0.15) is 19.8 Å². The smallest absolute Gasteiger partial charge is 0.0849 e. The van der Waals surface area contributed by atoms with E-state index in [0.717, 1.165) is 5.33 Å². The number of hydrogen-bond donors (Lipinski definition) is 0. The number of rotatable bonds is 3. The largest absolute Gasteiger partial charge is 0.370 e. The summed E-state index contributed by atoms with van der Waals surface area (Å²) < 4.78 is 5.28. The zero-order chi connectivity index (χ0) is 5.98. The SMILES string of the molecule is CC[C@@H]1O[C@@H]1CCBr. The van der Waals surface area contributed by atoms with E-state index in [0.29, 0.717) is 12.2 Å². The summed E-state index contributed by atoms with van der Waals surface area (Å²) in [6, 6.07) is 0. The molecule has 1 nitrogen and oxygen atoms in total. The van der Waals surface area contributed by atoms with Crippen LogP contribution >= 0.6 is 15.9 Å². The molecule has 1 aliphatic heterocycles. The lowest BCUT2D eigenvalue weighted by atomic mass is 10.2. The summed E-state index contributed by atoms with van der Waals surface area (Å²) in [7, 11) is 0. The van der Waals surface area contributed by atoms with Gasteiger partial charge in [0.15, 0.2) is 0 Å². The summed E-state index contributed by atoms with van der Waals surface area (Å²) in [5.74, 6) is 0. The molecule has 0 saturated carbocycles. The minimum absolute atomic E-state index is 0.583. The van der Waals surface area contributed by atoms with Crippen molar-refractivity contribution in [3.63, 3.8) is 0 Å². The Kier molecular flexibility index (Phi) is 2.32. The molecular formula is C6H11BrO. The Bertz CT molecular complexity index is 74.9. The Morgan fingerprint density at radius 2 is 2.25 bits per heavy atom. The van der Waals surface area contributed by atoms with Crippen molar-refractivity contribution in [3.8, 4) is 0 Å². The van der Waals surface area contributed by atoms with Crippen molar-refractivity contribution >= 4 is 15.9 Å². The van der Waals surface area contributed by atoms with Gasteiger partial charge in [-0.25, -0.2) is 0 Å². The van der Waals surface area contributed by atoms with Crippen LogP contribution in [0.2, 0.25) is 0 Å². The summed E-state index contributed by atoms with van der Waals surface area (Å²) in [5.41, 5.74) is 0. The molecule has 0 N–H and O–H groups in total. The first-order valence-electron chi connectivity index (χ1n) is 3.10. The average Bonchev–Trinajstić information content (AvgIpc) is 2.48. The zero-order valence-corrected chi connectivity index (χ0v) is 6.65. The lowest BCUT2D eigenvalue weighted by Crippen LogP contribution is -1.91. The van der Waals surface area contributed by atoms with Gasteiger partial charge in [0.2, 0.25) is 0 Å². The topological polar surface area (TPSA) is 12.5 Å². The third kappa shape index (κ3) is 1.46. The van der Waals surface area contributed by atoms with E-state index >= 15 is 0 Å². The molecule has 0 spiro atoms. The summed E-state index contributed by atoms with van der Waals surface area (Å²) in [6.45, 7) is 2.17. The first-order valence-corrected chi connectivity index (χ1v) is 4.22. The molecule has 2 heteroatoms. The van der Waals surface area contributed by atoms with E-state index in [9.17, 15) is 0 Å². The molecule has 0 unspecified atom stereocenters. The zero-order valence-electron chi connectivity index (χ0n) is 5.06. The van der Waals surface area contributed by atoms with Gasteiger partial charge in [-0.15, -0.1) is 0 Å². The Morgan fingerprint density at radius 1 is 1.50 bits per heavy atom. The second kappa shape index (κ2) is 2.83. The molecule has 0 bridgehead atoms. The number of epoxide rings is 1. The summed E-state index contributed by atoms with van der Waals surface area (Å²) in [5, 5.41) is 1.08. The maximum absolute atomic E-state index is 5.28. The maximum Gasteiger partial charge on any atom is 0.0849 e. The Balaban J connectivity index is 1.99. The van der Waals surface area contributed by atoms with Crippen LogP contribution < -0.4 is 0 Å². The summed E-state index contributed by atoms with van der Waals surface area (Å²) in [6.07, 6.45) is 3.53. The maximum atomic E-state index is 5.28. The third-order valence-electron chi connectivity index (χ3n) is 1.48. The minimum atomic E-state index is 0.583. The molecule has 8 heavy (non-hydrogen) atoms. The van der Waals surface area contributed by atoms with Gasteiger partial charge in [-0.1, -0.05) is 22.9 Å². The number of alkyl halides is 1. The molecule has 0 aliphatic carbocycles. The first kappa shape index (κ1) is 6.56. The lowest BCUT2D eigenvalue weighted by Gasteiger charge is -1.83. The van der Waals surface area contributed by atoms with Gasteiger partial charge in [-0.2, -0.15) is 0 Å². The van der Waals surface area contributed by atoms with E-state index in [-0.39, 0.29) is 0 Å². The van der Waals surface area contributed by atoms with Gasteiger partial charge in [0.25, 0.3) is 0 Å². The fourth-order valence-electron chi connectivity index (χ4n) is 0.900. The highest BCUT2D eigenvalue weighted by molar-refractivity contribution is 9.09. The van der Waals surface area contributed by atoms with E-state index in [1.807, 2.05) is 0 Å². The van der Waals surface area contributed by atoms with Gasteiger partial charge in [-0.05, 0) is 12.8 Å². The standard InChI is InChI=1S/C6H11BrO/c1-2-5-6(8-5)3-4-7/h5-6H,2-4H2,1H3/t5-,6+/m0/s1. The Hall–Kier alpha value is 0.440. The number of halogens is 1. The fourth-order valence-corrected chi connectivity index (χ4v) is 1.35. The van der Waals surface area contributed by atoms with Gasteiger partial charge in [0.1, 0.15) is 0 Å². The summed E-state index contributed by atoms with van der Waals surface area (Å²) in [4.78, 5) is 0. The average molecular weight is 179 g/mol. The normalized spacial score (nSPS) is 35.2. The predicted molar refractivity (Wildman–Crippen MR) is 37.4 cm³/mol. The molecule has 1 heterocycles. The van der Waals surface area contributed by atoms with Crippen molar-refractivity contribution in [1.82, 2.24) is 0 Å². The van der Waals surface area contributed by atoms with E-state index in [2.05, 4.69) is 22.9 Å². The van der Waals surface area contributed by atoms with Crippen LogP contribution in [0, 0.1) is 0 Å². The molecular weight excluding hydrogens is 168 g/mol. The molecule has 0 radical (unpaired) electrons. The number of hydrogen-bond acceptors (Lipinski definition) is 1. The Labute approximate surface area is 58.5 Å². The predicted octanol–water partition coefficient (Wildman–Crippen LogP) is 1.95. The van der Waals surface area contributed by atoms with Gasteiger partial charge >= 0.3 is 0 Å². The fraction of sp³-hybridized carbons (Fsp3) is 1.00. The van der Waals surface area contributed by atoms with Crippen molar-refractivity contribution in [2.75, 3.05) is 5.33 Å². The molecule has 48 valence electrons. The quantitative estimate of drug-likeness (QED) is 0.476. The van der Waals surface area contributed by atoms with Crippen molar-refractivity contribution < 1.29 is 4.74 Å². The van der Waals surface area contributed by atoms with Gasteiger partial charge < -0.3 is 4.74 Å². The highest BCUT2D eigenvalue weighted by atomic mass is 79.9. The monoisotopic (exact) mass is 178 g/mol.